The zero-order valence-electron chi connectivity index (χ0n) is 10.7. The maximum atomic E-state index is 12.0. The van der Waals surface area contributed by atoms with Crippen LogP contribution in [0.2, 0.25) is 5.15 Å². The highest BCUT2D eigenvalue weighted by Gasteiger charge is 2.39. The summed E-state index contributed by atoms with van der Waals surface area (Å²) in [6.07, 6.45) is 1.58. The molecule has 0 spiro atoms. The van der Waals surface area contributed by atoms with Gasteiger partial charge in [0.15, 0.2) is 0 Å². The molecule has 0 aromatic carbocycles. The molecule has 0 unspecified atom stereocenters. The molecule has 0 fully saturated rings. The van der Waals surface area contributed by atoms with Gasteiger partial charge < -0.3 is 9.87 Å². The molecular formula is C10H17ClN4O2S. The van der Waals surface area contributed by atoms with Crippen LogP contribution in [0.25, 0.3) is 0 Å². The van der Waals surface area contributed by atoms with Gasteiger partial charge in [0.05, 0.1) is 23.6 Å². The number of carbonyl (C=O) groups excluding carboxylic acids is 1. The van der Waals surface area contributed by atoms with E-state index in [2.05, 4.69) is 10.4 Å². The second-order valence-corrected chi connectivity index (χ2v) is 6.49. The fourth-order valence-corrected chi connectivity index (χ4v) is 1.77. The summed E-state index contributed by atoms with van der Waals surface area (Å²) in [7, 11) is 1.71. The summed E-state index contributed by atoms with van der Waals surface area (Å²) in [4.78, 5) is 12.0. The molecule has 8 heteroatoms. The van der Waals surface area contributed by atoms with Crippen molar-refractivity contribution >= 4 is 28.9 Å². The summed E-state index contributed by atoms with van der Waals surface area (Å²) in [5.41, 5.74) is 0.700. The third-order valence-corrected chi connectivity index (χ3v) is 4.41. The van der Waals surface area contributed by atoms with Crippen LogP contribution < -0.4 is 10.5 Å². The van der Waals surface area contributed by atoms with Gasteiger partial charge in [0.25, 0.3) is 5.91 Å². The van der Waals surface area contributed by atoms with Crippen molar-refractivity contribution in [2.45, 2.75) is 31.6 Å². The van der Waals surface area contributed by atoms with E-state index in [4.69, 9.17) is 16.7 Å². The molecule has 1 amide bonds. The van der Waals surface area contributed by atoms with Crippen molar-refractivity contribution in [2.75, 3.05) is 0 Å². The van der Waals surface area contributed by atoms with Gasteiger partial charge in [-0.15, -0.1) is 0 Å². The Bertz CT molecular complexity index is 447. The second-order valence-electron chi connectivity index (χ2n) is 4.52. The van der Waals surface area contributed by atoms with E-state index >= 15 is 0 Å². The van der Waals surface area contributed by atoms with Gasteiger partial charge in [0.1, 0.15) is 5.15 Å². The Morgan fingerprint density at radius 2 is 2.28 bits per heavy atom. The first-order valence-corrected chi connectivity index (χ1v) is 6.91. The molecule has 18 heavy (non-hydrogen) atoms. The van der Waals surface area contributed by atoms with E-state index in [0.29, 0.717) is 10.7 Å². The van der Waals surface area contributed by atoms with Crippen LogP contribution in [0.4, 0.5) is 0 Å². The Morgan fingerprint density at radius 1 is 1.72 bits per heavy atom. The van der Waals surface area contributed by atoms with Crippen LogP contribution in [-0.4, -0.2) is 25.0 Å². The lowest BCUT2D eigenvalue weighted by Crippen LogP contribution is -2.51. The number of amides is 1. The van der Waals surface area contributed by atoms with Gasteiger partial charge in [-0.1, -0.05) is 11.6 Å². The SMILES string of the molecule is C[C@@H](NC(=O)C(C)(C)[S@@+](N)[O-])c1cnn(C)c1Cl. The Balaban J connectivity index is 2.80. The molecule has 0 aliphatic carbocycles. The van der Waals surface area contributed by atoms with Gasteiger partial charge in [0.2, 0.25) is 4.75 Å². The van der Waals surface area contributed by atoms with E-state index in [9.17, 15) is 9.35 Å². The molecule has 0 saturated heterocycles. The highest BCUT2D eigenvalue weighted by molar-refractivity contribution is 7.91. The number of halogens is 1. The molecule has 3 N–H and O–H groups in total. The molecule has 1 rings (SSSR count). The summed E-state index contributed by atoms with van der Waals surface area (Å²) in [5.74, 6) is -0.393. The Morgan fingerprint density at radius 3 is 2.67 bits per heavy atom. The van der Waals surface area contributed by atoms with Crippen LogP contribution in [-0.2, 0) is 23.2 Å². The first-order chi connectivity index (χ1) is 8.17. The molecule has 2 atom stereocenters. The molecule has 1 aromatic heterocycles. The summed E-state index contributed by atoms with van der Waals surface area (Å²) < 4.78 is 11.6. The van der Waals surface area contributed by atoms with Crippen LogP contribution in [0, 0.1) is 0 Å². The number of rotatable bonds is 4. The lowest BCUT2D eigenvalue weighted by atomic mass is 10.1. The fourth-order valence-electron chi connectivity index (χ4n) is 1.27. The maximum Gasteiger partial charge on any atom is 0.278 e. The number of nitrogens with two attached hydrogens (primary N) is 1. The smallest absolute Gasteiger partial charge is 0.278 e. The molecule has 1 heterocycles. The van der Waals surface area contributed by atoms with Crippen molar-refractivity contribution in [2.24, 2.45) is 12.2 Å². The maximum absolute atomic E-state index is 12.0. The molecule has 0 saturated carbocycles. The average molecular weight is 293 g/mol. The average Bonchev–Trinajstić information content (AvgIpc) is 2.59. The van der Waals surface area contributed by atoms with Crippen LogP contribution >= 0.6 is 11.6 Å². The summed E-state index contributed by atoms with van der Waals surface area (Å²) in [6, 6.07) is -0.332. The van der Waals surface area contributed by atoms with Crippen LogP contribution in [0.3, 0.4) is 0 Å². The first kappa shape index (κ1) is 15.3. The highest BCUT2D eigenvalue weighted by Crippen LogP contribution is 2.23. The molecule has 6 nitrogen and oxygen atoms in total. The minimum Gasteiger partial charge on any atom is -0.597 e. The summed E-state index contributed by atoms with van der Waals surface area (Å²) in [5, 5.41) is 12.5. The number of hydrogen-bond acceptors (Lipinski definition) is 4. The number of nitrogens with one attached hydrogen (secondary N) is 1. The van der Waals surface area contributed by atoms with Crippen molar-refractivity contribution in [1.29, 1.82) is 0 Å². The number of hydrogen-bond donors (Lipinski definition) is 2. The third-order valence-electron chi connectivity index (χ3n) is 2.76. The predicted octanol–water partition coefficient (Wildman–Crippen LogP) is 0.652. The van der Waals surface area contributed by atoms with E-state index in [-0.39, 0.29) is 6.04 Å². The lowest BCUT2D eigenvalue weighted by Gasteiger charge is -2.25. The monoisotopic (exact) mass is 292 g/mol. The van der Waals surface area contributed by atoms with Gasteiger partial charge in [-0.05, 0) is 20.8 Å². The molecule has 0 radical (unpaired) electrons. The van der Waals surface area contributed by atoms with Gasteiger partial charge in [0, 0.05) is 12.6 Å². The van der Waals surface area contributed by atoms with E-state index in [1.54, 1.807) is 20.2 Å². The Hall–Kier alpha value is -0.760. The van der Waals surface area contributed by atoms with Crippen molar-refractivity contribution in [3.05, 3.63) is 16.9 Å². The van der Waals surface area contributed by atoms with Gasteiger partial charge in [-0.25, -0.2) is 0 Å². The fraction of sp³-hybridized carbons (Fsp3) is 0.600. The summed E-state index contributed by atoms with van der Waals surface area (Å²) >= 11 is 4.28. The largest absolute Gasteiger partial charge is 0.597 e. The molecule has 1 aromatic rings. The zero-order chi connectivity index (χ0) is 14.1. The minimum atomic E-state index is -1.74. The van der Waals surface area contributed by atoms with E-state index in [0.717, 1.165) is 0 Å². The van der Waals surface area contributed by atoms with Crippen molar-refractivity contribution in [3.63, 3.8) is 0 Å². The standard InChI is InChI=1S/C10H17ClN4O2S/c1-6(7-5-13-15(4)8(7)11)14-9(16)10(2,3)18(12)17/h5-6H,12H2,1-4H3,(H,14,16)/t6-,18+/m1/s1. The van der Waals surface area contributed by atoms with Crippen LogP contribution in [0.15, 0.2) is 6.20 Å². The Kier molecular flexibility index (Phi) is 4.66. The topological polar surface area (TPSA) is 96.0 Å². The normalized spacial score (nSPS) is 15.3. The highest BCUT2D eigenvalue weighted by atomic mass is 35.5. The quantitative estimate of drug-likeness (QED) is 0.797. The lowest BCUT2D eigenvalue weighted by molar-refractivity contribution is -0.123. The molecule has 0 aliphatic heterocycles. The molecule has 0 bridgehead atoms. The van der Waals surface area contributed by atoms with Crippen LogP contribution in [0.5, 0.6) is 0 Å². The van der Waals surface area contributed by atoms with Crippen molar-refractivity contribution in [1.82, 2.24) is 15.1 Å². The molecule has 102 valence electrons. The zero-order valence-corrected chi connectivity index (χ0v) is 12.3. The van der Waals surface area contributed by atoms with Crippen LogP contribution in [0.1, 0.15) is 32.4 Å². The third kappa shape index (κ3) is 2.97. The van der Waals surface area contributed by atoms with E-state index in [1.165, 1.54) is 18.5 Å². The predicted molar refractivity (Wildman–Crippen MR) is 71.2 cm³/mol. The minimum absolute atomic E-state index is 0.332. The number of carbonyl (C=O) groups is 1. The molecule has 0 aliphatic rings. The van der Waals surface area contributed by atoms with E-state index in [1.807, 2.05) is 0 Å². The molecular weight excluding hydrogens is 276 g/mol. The van der Waals surface area contributed by atoms with Gasteiger partial charge in [-0.3, -0.25) is 9.48 Å². The number of nitrogens with zero attached hydrogens (tertiary/aromatic N) is 2. The van der Waals surface area contributed by atoms with Gasteiger partial charge in [-0.2, -0.15) is 10.2 Å². The number of aromatic nitrogens is 2. The summed E-state index contributed by atoms with van der Waals surface area (Å²) in [6.45, 7) is 4.82. The number of aryl methyl sites for hydroxylation is 1. The second kappa shape index (κ2) is 5.48. The first-order valence-electron chi connectivity index (χ1n) is 5.32. The van der Waals surface area contributed by atoms with E-state index < -0.39 is 22.0 Å². The van der Waals surface area contributed by atoms with Crippen molar-refractivity contribution < 1.29 is 9.35 Å². The van der Waals surface area contributed by atoms with Crippen molar-refractivity contribution in [3.8, 4) is 0 Å². The van der Waals surface area contributed by atoms with Gasteiger partial charge >= 0.3 is 0 Å². The Labute approximate surface area is 114 Å².